The standard InChI is InChI=1S/C28H26ClF3N6O3/c1-41-18-5-2-16(3-6-18)24-35-26-37(15-22(39)34-20-7-4-17(14-19(20)29)28(30,31)32)21-8-9-27(10-12-33-13-11-27)23(21)25(40)38(26)36-24/h2-7,14,33H,8-13,15H2,1H3,(H,34,39). The number of carbonyl (C=O) groups is 1. The van der Waals surface area contributed by atoms with Crippen molar-refractivity contribution in [1.82, 2.24) is 24.5 Å². The Kier molecular flexibility index (Phi) is 6.77. The van der Waals surface area contributed by atoms with Crippen LogP contribution in [0, 0.1) is 0 Å². The molecule has 1 spiro atoms. The van der Waals surface area contributed by atoms with E-state index in [9.17, 15) is 22.8 Å². The Morgan fingerprint density at radius 2 is 1.88 bits per heavy atom. The lowest BCUT2D eigenvalue weighted by Crippen LogP contribution is -2.42. The van der Waals surface area contributed by atoms with E-state index in [0.29, 0.717) is 29.1 Å². The van der Waals surface area contributed by atoms with E-state index in [4.69, 9.17) is 16.3 Å². The number of fused-ring (bicyclic) bond motifs is 3. The largest absolute Gasteiger partial charge is 0.497 e. The van der Waals surface area contributed by atoms with E-state index >= 15 is 0 Å². The van der Waals surface area contributed by atoms with Gasteiger partial charge in [-0.1, -0.05) is 11.6 Å². The van der Waals surface area contributed by atoms with Crippen molar-refractivity contribution in [3.8, 4) is 17.1 Å². The van der Waals surface area contributed by atoms with Crippen LogP contribution in [0.4, 0.5) is 18.9 Å². The van der Waals surface area contributed by atoms with Crippen molar-refractivity contribution < 1.29 is 22.7 Å². The van der Waals surface area contributed by atoms with Gasteiger partial charge >= 0.3 is 6.18 Å². The fourth-order valence-electron chi connectivity index (χ4n) is 5.94. The number of halogens is 4. The minimum Gasteiger partial charge on any atom is -0.497 e. The summed E-state index contributed by atoms with van der Waals surface area (Å²) >= 11 is 6.08. The van der Waals surface area contributed by atoms with Crippen molar-refractivity contribution in [3.63, 3.8) is 0 Å². The number of nitrogens with zero attached hydrogens (tertiary/aromatic N) is 4. The van der Waals surface area contributed by atoms with Crippen LogP contribution < -0.4 is 20.9 Å². The average Bonchev–Trinajstić information content (AvgIpc) is 3.55. The monoisotopic (exact) mass is 586 g/mol. The first kappa shape index (κ1) is 27.3. The summed E-state index contributed by atoms with van der Waals surface area (Å²) in [6, 6.07) is 9.84. The minimum absolute atomic E-state index is 0.0496. The Balaban J connectivity index is 1.42. The lowest BCUT2D eigenvalue weighted by Gasteiger charge is -2.34. The van der Waals surface area contributed by atoms with Crippen molar-refractivity contribution in [1.29, 1.82) is 0 Å². The lowest BCUT2D eigenvalue weighted by molar-refractivity contribution is -0.137. The van der Waals surface area contributed by atoms with E-state index in [1.165, 1.54) is 4.52 Å². The van der Waals surface area contributed by atoms with Gasteiger partial charge in [0.2, 0.25) is 11.7 Å². The second-order valence-electron chi connectivity index (χ2n) is 10.4. The molecule has 6 rings (SSSR count). The highest BCUT2D eigenvalue weighted by atomic mass is 35.5. The number of anilines is 1. The summed E-state index contributed by atoms with van der Waals surface area (Å²) in [6.45, 7) is 1.31. The molecular formula is C28H26ClF3N6O3. The fourth-order valence-corrected chi connectivity index (χ4v) is 6.16. The van der Waals surface area contributed by atoms with Crippen molar-refractivity contribution in [2.75, 3.05) is 25.5 Å². The number of aromatic nitrogens is 4. The predicted octanol–water partition coefficient (Wildman–Crippen LogP) is 4.44. The van der Waals surface area contributed by atoms with Gasteiger partial charge in [0.25, 0.3) is 5.56 Å². The van der Waals surface area contributed by atoms with Gasteiger partial charge in [0.1, 0.15) is 12.3 Å². The van der Waals surface area contributed by atoms with Crippen LogP contribution in [0.3, 0.4) is 0 Å². The zero-order chi connectivity index (χ0) is 28.9. The summed E-state index contributed by atoms with van der Waals surface area (Å²) in [5.41, 5.74) is 0.607. The van der Waals surface area contributed by atoms with Crippen molar-refractivity contribution in [2.24, 2.45) is 0 Å². The van der Waals surface area contributed by atoms with E-state index in [2.05, 4.69) is 20.7 Å². The van der Waals surface area contributed by atoms with Crippen LogP contribution in [0.5, 0.6) is 5.75 Å². The predicted molar refractivity (Wildman–Crippen MR) is 146 cm³/mol. The smallest absolute Gasteiger partial charge is 0.416 e. The molecule has 0 radical (unpaired) electrons. The van der Waals surface area contributed by atoms with Crippen LogP contribution in [-0.4, -0.2) is 45.3 Å². The molecule has 41 heavy (non-hydrogen) atoms. The Morgan fingerprint density at radius 1 is 1.15 bits per heavy atom. The van der Waals surface area contributed by atoms with Crippen molar-refractivity contribution in [3.05, 3.63) is 74.7 Å². The average molecular weight is 587 g/mol. The van der Waals surface area contributed by atoms with Gasteiger partial charge in [-0.3, -0.25) is 9.59 Å². The maximum absolute atomic E-state index is 13.9. The van der Waals surface area contributed by atoms with Gasteiger partial charge in [0, 0.05) is 22.2 Å². The molecule has 0 bridgehead atoms. The molecular weight excluding hydrogens is 561 g/mol. The maximum Gasteiger partial charge on any atom is 0.416 e. The minimum atomic E-state index is -4.56. The Hall–Kier alpha value is -3.90. The van der Waals surface area contributed by atoms with Crippen LogP contribution in [0.1, 0.15) is 36.1 Å². The number of carbonyl (C=O) groups excluding carboxylic acids is 1. The molecule has 9 nitrogen and oxygen atoms in total. The van der Waals surface area contributed by atoms with Crippen LogP contribution in [0.25, 0.3) is 17.2 Å². The summed E-state index contributed by atoms with van der Waals surface area (Å²) in [7, 11) is 1.56. The molecule has 13 heteroatoms. The number of amides is 1. The second-order valence-corrected chi connectivity index (χ2v) is 10.8. The molecule has 0 atom stereocenters. The zero-order valence-corrected chi connectivity index (χ0v) is 22.8. The number of ether oxygens (including phenoxy) is 1. The number of alkyl halides is 3. The van der Waals surface area contributed by atoms with E-state index in [1.54, 1.807) is 35.9 Å². The highest BCUT2D eigenvalue weighted by Gasteiger charge is 2.44. The molecule has 2 N–H and O–H groups in total. The quantitative estimate of drug-likeness (QED) is 0.358. The first-order valence-electron chi connectivity index (χ1n) is 13.1. The van der Waals surface area contributed by atoms with Gasteiger partial charge < -0.3 is 19.9 Å². The number of nitrogens with one attached hydrogen (secondary N) is 2. The van der Waals surface area contributed by atoms with Gasteiger partial charge in [0.15, 0.2) is 5.82 Å². The van der Waals surface area contributed by atoms with Crippen molar-refractivity contribution >= 4 is 29.0 Å². The van der Waals surface area contributed by atoms with Crippen LogP contribution in [0.15, 0.2) is 47.3 Å². The highest BCUT2D eigenvalue weighted by molar-refractivity contribution is 6.33. The molecule has 1 aliphatic carbocycles. The van der Waals surface area contributed by atoms with Gasteiger partial charge in [0.05, 0.1) is 23.4 Å². The number of rotatable bonds is 5. The third kappa shape index (κ3) is 4.84. The topological polar surface area (TPSA) is 103 Å². The number of piperidine rings is 1. The number of hydrogen-bond acceptors (Lipinski definition) is 6. The van der Waals surface area contributed by atoms with E-state index in [-0.39, 0.29) is 34.0 Å². The molecule has 0 unspecified atom stereocenters. The maximum atomic E-state index is 13.9. The second kappa shape index (κ2) is 10.2. The first-order chi connectivity index (χ1) is 19.6. The van der Waals surface area contributed by atoms with Crippen molar-refractivity contribution in [2.45, 2.75) is 43.8 Å². The van der Waals surface area contributed by atoms with Crippen LogP contribution >= 0.6 is 11.6 Å². The van der Waals surface area contributed by atoms with Gasteiger partial charge in [-0.25, -0.2) is 0 Å². The molecule has 214 valence electrons. The normalized spacial score (nSPS) is 16.2. The number of benzene rings is 2. The molecule has 0 saturated carbocycles. The molecule has 1 amide bonds. The third-order valence-corrected chi connectivity index (χ3v) is 8.32. The Morgan fingerprint density at radius 3 is 2.54 bits per heavy atom. The molecule has 2 aliphatic rings. The molecule has 1 fully saturated rings. The summed E-state index contributed by atoms with van der Waals surface area (Å²) in [4.78, 5) is 31.9. The van der Waals surface area contributed by atoms with E-state index in [1.807, 2.05) is 0 Å². The highest BCUT2D eigenvalue weighted by Crippen LogP contribution is 2.43. The Bertz CT molecular complexity index is 1710. The molecule has 4 aromatic rings. The Labute approximate surface area is 237 Å². The third-order valence-electron chi connectivity index (χ3n) is 8.00. The zero-order valence-electron chi connectivity index (χ0n) is 22.0. The molecule has 1 saturated heterocycles. The number of hydrogen-bond donors (Lipinski definition) is 2. The van der Waals surface area contributed by atoms with E-state index in [0.717, 1.165) is 56.2 Å². The summed E-state index contributed by atoms with van der Waals surface area (Å²) in [5.74, 6) is 0.647. The van der Waals surface area contributed by atoms with Gasteiger partial charge in [-0.15, -0.1) is 5.10 Å². The van der Waals surface area contributed by atoms with Crippen LogP contribution in [0.2, 0.25) is 5.02 Å². The van der Waals surface area contributed by atoms with Gasteiger partial charge in [-0.2, -0.15) is 22.7 Å². The van der Waals surface area contributed by atoms with Gasteiger partial charge in [-0.05, 0) is 81.2 Å². The lowest BCUT2D eigenvalue weighted by atomic mass is 9.75. The number of methoxy groups -OCH3 is 1. The SMILES string of the molecule is COc1ccc(-c2nc3n(CC(=O)Nc4ccc(C(F)(F)F)cc4Cl)c4c(c(=O)n3n2)C2(CCNCC2)CC4)cc1. The summed E-state index contributed by atoms with van der Waals surface area (Å²) < 4.78 is 47.4. The molecule has 1 aliphatic heterocycles. The summed E-state index contributed by atoms with van der Waals surface area (Å²) in [6.07, 6.45) is -1.64. The molecule has 2 aromatic carbocycles. The van der Waals surface area contributed by atoms with E-state index < -0.39 is 17.6 Å². The van der Waals surface area contributed by atoms with Crippen LogP contribution in [-0.2, 0) is 29.4 Å². The first-order valence-corrected chi connectivity index (χ1v) is 13.5. The summed E-state index contributed by atoms with van der Waals surface area (Å²) in [5, 5.41) is 10.3. The fraction of sp³-hybridized carbons (Fsp3) is 0.357. The molecule has 2 aromatic heterocycles. The molecule has 3 heterocycles.